The number of aryl methyl sites for hydroxylation is 3. The fourth-order valence-electron chi connectivity index (χ4n) is 7.33. The summed E-state index contributed by atoms with van der Waals surface area (Å²) < 4.78 is 38.9. The van der Waals surface area contributed by atoms with Crippen LogP contribution in [0.15, 0.2) is 25.2 Å². The zero-order valence-corrected chi connectivity index (χ0v) is 31.9. The molecule has 0 aromatic carbocycles. The molecular formula is C30H38N8O12P2S2. The maximum atomic E-state index is 11.6. The van der Waals surface area contributed by atoms with E-state index in [1.807, 2.05) is 6.20 Å². The van der Waals surface area contributed by atoms with Crippen molar-refractivity contribution in [2.45, 2.75) is 87.6 Å². The van der Waals surface area contributed by atoms with Gasteiger partial charge in [-0.2, -0.15) is 0 Å². The second kappa shape index (κ2) is 15.4. The average molecular weight is 829 g/mol. The largest absolute Gasteiger partial charge is 0.387 e. The quantitative estimate of drug-likeness (QED) is 0.105. The molecule has 3 fully saturated rings. The summed E-state index contributed by atoms with van der Waals surface area (Å²) >= 11 is 10.8. The third-order valence-corrected chi connectivity index (χ3v) is 13.0. The molecule has 0 spiro atoms. The molecule has 292 valence electrons. The number of nitrogens with one attached hydrogen (secondary N) is 1. The van der Waals surface area contributed by atoms with Gasteiger partial charge in [0.1, 0.15) is 67.0 Å². The maximum absolute atomic E-state index is 11.6. The van der Waals surface area contributed by atoms with Crippen LogP contribution in [0.25, 0.3) is 22.2 Å². The van der Waals surface area contributed by atoms with Crippen molar-refractivity contribution in [1.29, 1.82) is 0 Å². The summed E-state index contributed by atoms with van der Waals surface area (Å²) in [7, 11) is 0. The lowest BCUT2D eigenvalue weighted by atomic mass is 10.1. The second-order valence-electron chi connectivity index (χ2n) is 13.3. The zero-order chi connectivity index (χ0) is 37.8. The van der Waals surface area contributed by atoms with Crippen LogP contribution in [-0.2, 0) is 75.2 Å². The van der Waals surface area contributed by atoms with Crippen LogP contribution in [-0.4, -0.2) is 128 Å². The lowest BCUT2D eigenvalue weighted by Crippen LogP contribution is -2.36. The van der Waals surface area contributed by atoms with Crippen molar-refractivity contribution in [2.75, 3.05) is 26.4 Å². The van der Waals surface area contributed by atoms with Crippen LogP contribution in [0.4, 0.5) is 0 Å². The van der Waals surface area contributed by atoms with Crippen molar-refractivity contribution >= 4 is 65.2 Å². The molecule has 1 aliphatic carbocycles. The molecule has 8 rings (SSSR count). The van der Waals surface area contributed by atoms with E-state index < -0.39 is 88.2 Å². The Morgan fingerprint density at radius 1 is 0.870 bits per heavy atom. The van der Waals surface area contributed by atoms with E-state index in [4.69, 9.17) is 56.3 Å². The highest BCUT2D eigenvalue weighted by atomic mass is 32.5. The fourth-order valence-corrected chi connectivity index (χ4v) is 10.2. The Labute approximate surface area is 317 Å². The Hall–Kier alpha value is -2.50. The van der Waals surface area contributed by atoms with Crippen LogP contribution >= 0.6 is 13.4 Å². The molecule has 10 atom stereocenters. The Balaban J connectivity index is 1.05. The number of ether oxygens (including phenoxy) is 2. The van der Waals surface area contributed by atoms with Crippen molar-refractivity contribution in [3.8, 4) is 0 Å². The maximum Gasteiger partial charge on any atom is 0.325 e. The Kier molecular flexibility index (Phi) is 11.0. The van der Waals surface area contributed by atoms with E-state index in [1.165, 1.54) is 23.5 Å². The van der Waals surface area contributed by atoms with Crippen LogP contribution in [0.1, 0.15) is 48.7 Å². The first kappa shape index (κ1) is 38.4. The Bertz CT molecular complexity index is 2140. The lowest BCUT2D eigenvalue weighted by Gasteiger charge is -2.28. The van der Waals surface area contributed by atoms with Gasteiger partial charge in [-0.15, -0.1) is 0 Å². The molecule has 3 saturated heterocycles. The van der Waals surface area contributed by atoms with E-state index in [0.717, 1.165) is 42.3 Å². The summed E-state index contributed by atoms with van der Waals surface area (Å²) in [6.45, 7) is -9.61. The number of aliphatic hydroxyl groups excluding tert-OH is 3. The number of hydrogen-bond donors (Lipinski definition) is 6. The molecular weight excluding hydrogens is 790 g/mol. The minimum Gasteiger partial charge on any atom is -0.387 e. The van der Waals surface area contributed by atoms with Crippen LogP contribution in [0.3, 0.4) is 0 Å². The van der Waals surface area contributed by atoms with Crippen LogP contribution in [0.5, 0.6) is 0 Å². The number of nitrogens with zero attached hydrogens (tertiary/aromatic N) is 7. The van der Waals surface area contributed by atoms with E-state index in [2.05, 4.69) is 30.2 Å². The summed E-state index contributed by atoms with van der Waals surface area (Å²) in [4.78, 5) is 56.2. The van der Waals surface area contributed by atoms with Gasteiger partial charge in [0.25, 0.3) is 0 Å². The number of rotatable bonds is 7. The number of amides is 1. The highest BCUT2D eigenvalue weighted by Gasteiger charge is 2.52. The number of aromatic nitrogens is 7. The average Bonchev–Trinajstić information content (AvgIpc) is 3.86. The molecule has 1 amide bonds. The molecule has 4 aliphatic rings. The van der Waals surface area contributed by atoms with E-state index in [0.29, 0.717) is 41.9 Å². The van der Waals surface area contributed by atoms with Gasteiger partial charge in [-0.3, -0.25) is 18.4 Å². The van der Waals surface area contributed by atoms with Gasteiger partial charge in [-0.25, -0.2) is 24.9 Å². The number of fused-ring (bicyclic) bond motifs is 4. The minimum absolute atomic E-state index is 0.302. The van der Waals surface area contributed by atoms with Crippen molar-refractivity contribution in [3.63, 3.8) is 0 Å². The molecule has 2 bridgehead atoms. The van der Waals surface area contributed by atoms with Crippen molar-refractivity contribution < 1.29 is 57.5 Å². The third kappa shape index (κ3) is 7.51. The fraction of sp³-hybridized carbons (Fsp3) is 0.600. The number of carbonyl (C=O) groups excluding carboxylic acids is 1. The van der Waals surface area contributed by atoms with Crippen molar-refractivity contribution in [2.24, 2.45) is 0 Å². The van der Waals surface area contributed by atoms with Gasteiger partial charge in [0.2, 0.25) is 5.91 Å². The van der Waals surface area contributed by atoms with Gasteiger partial charge in [0, 0.05) is 18.1 Å². The normalized spacial score (nSPS) is 34.5. The monoisotopic (exact) mass is 828 g/mol. The lowest BCUT2D eigenvalue weighted by molar-refractivity contribution is -0.123. The minimum atomic E-state index is -4.20. The molecule has 4 aromatic heterocycles. The first-order valence-corrected chi connectivity index (χ1v) is 22.5. The summed E-state index contributed by atoms with van der Waals surface area (Å²) in [5.41, 5.74) is 3.78. The number of hydrogen-bond acceptors (Lipinski definition) is 17. The van der Waals surface area contributed by atoms with Crippen molar-refractivity contribution in [3.05, 3.63) is 42.1 Å². The van der Waals surface area contributed by atoms with Gasteiger partial charge in [-0.1, -0.05) is 0 Å². The first-order valence-electron chi connectivity index (χ1n) is 17.3. The summed E-state index contributed by atoms with van der Waals surface area (Å²) in [6, 6.07) is 0. The van der Waals surface area contributed by atoms with Gasteiger partial charge in [0.15, 0.2) is 18.1 Å². The third-order valence-electron chi connectivity index (χ3n) is 9.85. The SMILES string of the molecule is O=C(CO)NCCCc1ncnc2c1ncn2[C@@H]1O[C@@H]2COP(O)(=S)O[C@H]3[C@@H](O)[C@H](n4cc5c6c(ncnc64)CCCC5)O[C@@H]3COP(O)(=S)O[C@@H]1[C@@H]2O. The topological polar surface area (TPSA) is 260 Å². The van der Waals surface area contributed by atoms with E-state index in [9.17, 15) is 24.8 Å². The Morgan fingerprint density at radius 3 is 2.37 bits per heavy atom. The predicted molar refractivity (Wildman–Crippen MR) is 192 cm³/mol. The van der Waals surface area contributed by atoms with Gasteiger partial charge in [0.05, 0.1) is 30.9 Å². The first-order chi connectivity index (χ1) is 25.9. The highest BCUT2D eigenvalue weighted by molar-refractivity contribution is 8.07. The number of carbonyl (C=O) groups is 1. The number of imidazole rings is 1. The molecule has 4 aromatic rings. The van der Waals surface area contributed by atoms with E-state index >= 15 is 0 Å². The van der Waals surface area contributed by atoms with Crippen LogP contribution < -0.4 is 5.32 Å². The molecule has 0 radical (unpaired) electrons. The highest BCUT2D eigenvalue weighted by Crippen LogP contribution is 2.54. The van der Waals surface area contributed by atoms with Gasteiger partial charge >= 0.3 is 13.4 Å². The molecule has 7 heterocycles. The molecule has 24 heteroatoms. The van der Waals surface area contributed by atoms with Crippen LogP contribution in [0, 0.1) is 0 Å². The van der Waals surface area contributed by atoms with Gasteiger partial charge < -0.3 is 53.5 Å². The van der Waals surface area contributed by atoms with Crippen LogP contribution in [0.2, 0.25) is 0 Å². The zero-order valence-electron chi connectivity index (χ0n) is 28.4. The predicted octanol–water partition coefficient (Wildman–Crippen LogP) is -0.0415. The number of aliphatic hydroxyl groups is 3. The molecule has 3 aliphatic heterocycles. The molecule has 6 N–H and O–H groups in total. The summed E-state index contributed by atoms with van der Waals surface area (Å²) in [6.07, 6.45) is 0.405. The summed E-state index contributed by atoms with van der Waals surface area (Å²) in [5, 5.41) is 35.5. The van der Waals surface area contributed by atoms with E-state index in [-0.39, 0.29) is 0 Å². The molecule has 20 nitrogen and oxygen atoms in total. The van der Waals surface area contributed by atoms with Crippen molar-refractivity contribution in [1.82, 2.24) is 39.4 Å². The molecule has 2 unspecified atom stereocenters. The summed E-state index contributed by atoms with van der Waals surface area (Å²) in [5.74, 6) is -0.493. The Morgan fingerprint density at radius 2 is 1.57 bits per heavy atom. The molecule has 54 heavy (non-hydrogen) atoms. The molecule has 0 saturated carbocycles. The van der Waals surface area contributed by atoms with Gasteiger partial charge in [-0.05, 0) is 67.7 Å². The second-order valence-corrected chi connectivity index (χ2v) is 18.9. The van der Waals surface area contributed by atoms with E-state index in [1.54, 1.807) is 4.57 Å². The standard InChI is InChI=1S/C30H38N8O12P2S2/c39-9-20(40)31-7-3-6-17-22-28(35-13-33-17)38(14-36-22)30-26-23(41)18(47-30)10-45-51(43,53)49-25-19(11-46-52(44,54)50-26)48-29(24(25)42)37-8-15-4-1-2-5-16-21(15)27(37)34-12-32-16/h8,12-14,18-19,23-26,29-30,39,41-42H,1-7,9-11H2,(H,31,40)(H,43,53)(H,44,54)/t18-,19-,23-,24-,25-,26-,29-,30-,51?,52?/m1/s1. The smallest absolute Gasteiger partial charge is 0.325 e.